The van der Waals surface area contributed by atoms with Gasteiger partial charge in [0.2, 0.25) is 0 Å². The van der Waals surface area contributed by atoms with Crippen molar-refractivity contribution in [2.75, 3.05) is 6.54 Å². The highest BCUT2D eigenvalue weighted by Gasteiger charge is 1.91. The lowest BCUT2D eigenvalue weighted by Crippen LogP contribution is -1.92. The van der Waals surface area contributed by atoms with Gasteiger partial charge >= 0.3 is 0 Å². The highest BCUT2D eigenvalue weighted by Crippen LogP contribution is 2.06. The maximum absolute atomic E-state index is 5.35. The molecule has 12 heavy (non-hydrogen) atoms. The van der Waals surface area contributed by atoms with Gasteiger partial charge in [0, 0.05) is 17.9 Å². The second-order valence-corrected chi connectivity index (χ2v) is 2.82. The van der Waals surface area contributed by atoms with E-state index in [1.165, 1.54) is 5.56 Å². The van der Waals surface area contributed by atoms with Gasteiger partial charge < -0.3 is 5.73 Å². The van der Waals surface area contributed by atoms with Crippen molar-refractivity contribution in [1.82, 2.24) is 4.98 Å². The van der Waals surface area contributed by atoms with Crippen LogP contribution in [0.15, 0.2) is 18.2 Å². The molecule has 1 heterocycles. The fraction of sp³-hybridized carbons (Fsp3) is 0.300. The molecule has 1 aromatic rings. The number of nitrogens with zero attached hydrogens (tertiary/aromatic N) is 1. The second-order valence-electron chi connectivity index (χ2n) is 2.82. The Morgan fingerprint density at radius 3 is 2.42 bits per heavy atom. The molecule has 1 rings (SSSR count). The molecule has 0 amide bonds. The lowest BCUT2D eigenvalue weighted by atomic mass is 10.2. The van der Waals surface area contributed by atoms with Gasteiger partial charge in [-0.1, -0.05) is 12.2 Å². The van der Waals surface area contributed by atoms with E-state index in [9.17, 15) is 0 Å². The van der Waals surface area contributed by atoms with Gasteiger partial charge in [-0.25, -0.2) is 0 Å². The number of rotatable bonds is 2. The minimum Gasteiger partial charge on any atom is -0.327 e. The van der Waals surface area contributed by atoms with Gasteiger partial charge in [-0.15, -0.1) is 0 Å². The number of nitrogens with two attached hydrogens (primary N) is 1. The van der Waals surface area contributed by atoms with Crippen molar-refractivity contribution in [3.05, 3.63) is 35.2 Å². The standard InChI is InChI=1S/C10H14N2/c1-8-6-10(4-3-5-11)7-9(2)12-8/h3-4,6-7H,5,11H2,1-2H3. The summed E-state index contributed by atoms with van der Waals surface area (Å²) in [6.45, 7) is 4.57. The molecule has 2 N–H and O–H groups in total. The SMILES string of the molecule is Cc1cc(C=CCN)cc(C)n1. The van der Waals surface area contributed by atoms with E-state index in [0.29, 0.717) is 6.54 Å². The number of aryl methyl sites for hydroxylation is 2. The van der Waals surface area contributed by atoms with Gasteiger partial charge in [0.25, 0.3) is 0 Å². The van der Waals surface area contributed by atoms with E-state index in [1.807, 2.05) is 38.1 Å². The number of hydrogen-bond donors (Lipinski definition) is 1. The van der Waals surface area contributed by atoms with Crippen LogP contribution in [0.1, 0.15) is 17.0 Å². The van der Waals surface area contributed by atoms with E-state index < -0.39 is 0 Å². The Morgan fingerprint density at radius 2 is 1.92 bits per heavy atom. The van der Waals surface area contributed by atoms with Crippen LogP contribution in [-0.2, 0) is 0 Å². The van der Waals surface area contributed by atoms with E-state index in [0.717, 1.165) is 11.4 Å². The molecule has 0 aliphatic carbocycles. The highest BCUT2D eigenvalue weighted by atomic mass is 14.7. The van der Waals surface area contributed by atoms with Crippen LogP contribution in [0.5, 0.6) is 0 Å². The van der Waals surface area contributed by atoms with Crippen LogP contribution in [0.3, 0.4) is 0 Å². The molecule has 0 saturated heterocycles. The van der Waals surface area contributed by atoms with Crippen LogP contribution in [0.4, 0.5) is 0 Å². The first kappa shape index (κ1) is 8.94. The van der Waals surface area contributed by atoms with Crippen molar-refractivity contribution < 1.29 is 0 Å². The van der Waals surface area contributed by atoms with Gasteiger partial charge in [0.05, 0.1) is 0 Å². The van der Waals surface area contributed by atoms with Crippen molar-refractivity contribution in [1.29, 1.82) is 0 Å². The molecule has 0 spiro atoms. The normalized spacial score (nSPS) is 10.9. The molecule has 64 valence electrons. The Bertz CT molecular complexity index is 270. The first-order chi connectivity index (χ1) is 5.72. The number of aromatic nitrogens is 1. The molecule has 0 unspecified atom stereocenters. The summed E-state index contributed by atoms with van der Waals surface area (Å²) in [5.74, 6) is 0. The van der Waals surface area contributed by atoms with Crippen molar-refractivity contribution >= 4 is 6.08 Å². The molecule has 2 nitrogen and oxygen atoms in total. The van der Waals surface area contributed by atoms with Crippen LogP contribution >= 0.6 is 0 Å². The van der Waals surface area contributed by atoms with Crippen LogP contribution in [0.2, 0.25) is 0 Å². The first-order valence-electron chi connectivity index (χ1n) is 4.04. The van der Waals surface area contributed by atoms with Gasteiger partial charge in [0.1, 0.15) is 0 Å². The van der Waals surface area contributed by atoms with Crippen LogP contribution in [-0.4, -0.2) is 11.5 Å². The molecule has 2 heteroatoms. The summed E-state index contributed by atoms with van der Waals surface area (Å²) in [6.07, 6.45) is 3.95. The van der Waals surface area contributed by atoms with Crippen molar-refractivity contribution in [3.8, 4) is 0 Å². The summed E-state index contributed by atoms with van der Waals surface area (Å²) >= 11 is 0. The first-order valence-corrected chi connectivity index (χ1v) is 4.04. The van der Waals surface area contributed by atoms with Gasteiger partial charge in [-0.2, -0.15) is 0 Å². The van der Waals surface area contributed by atoms with E-state index >= 15 is 0 Å². The van der Waals surface area contributed by atoms with Crippen molar-refractivity contribution in [2.24, 2.45) is 5.73 Å². The highest BCUT2D eigenvalue weighted by molar-refractivity contribution is 5.50. The summed E-state index contributed by atoms with van der Waals surface area (Å²) in [6, 6.07) is 4.08. The molecular formula is C10H14N2. The van der Waals surface area contributed by atoms with E-state index in [-0.39, 0.29) is 0 Å². The van der Waals surface area contributed by atoms with E-state index in [1.54, 1.807) is 0 Å². The monoisotopic (exact) mass is 162 g/mol. The fourth-order valence-electron chi connectivity index (χ4n) is 1.17. The Hall–Kier alpha value is -1.15. The predicted molar refractivity (Wildman–Crippen MR) is 51.8 cm³/mol. The number of pyridine rings is 1. The fourth-order valence-corrected chi connectivity index (χ4v) is 1.17. The van der Waals surface area contributed by atoms with E-state index in [2.05, 4.69) is 4.98 Å². The average molecular weight is 162 g/mol. The molecule has 0 fully saturated rings. The van der Waals surface area contributed by atoms with Crippen molar-refractivity contribution in [2.45, 2.75) is 13.8 Å². The molecule has 0 aromatic carbocycles. The van der Waals surface area contributed by atoms with Gasteiger partial charge in [-0.3, -0.25) is 4.98 Å². The molecule has 1 aromatic heterocycles. The Kier molecular flexibility index (Phi) is 3.00. The van der Waals surface area contributed by atoms with Crippen LogP contribution in [0.25, 0.3) is 6.08 Å². The minimum atomic E-state index is 0.584. The lowest BCUT2D eigenvalue weighted by molar-refractivity contribution is 1.12. The minimum absolute atomic E-state index is 0.584. The smallest absolute Gasteiger partial charge is 0.0381 e. The summed E-state index contributed by atoms with van der Waals surface area (Å²) in [7, 11) is 0. The summed E-state index contributed by atoms with van der Waals surface area (Å²) in [4.78, 5) is 4.28. The zero-order chi connectivity index (χ0) is 8.97. The zero-order valence-electron chi connectivity index (χ0n) is 7.54. The maximum atomic E-state index is 5.35. The zero-order valence-corrected chi connectivity index (χ0v) is 7.54. The molecule has 0 aliphatic heterocycles. The second kappa shape index (κ2) is 4.02. The van der Waals surface area contributed by atoms with Crippen LogP contribution in [0, 0.1) is 13.8 Å². The van der Waals surface area contributed by atoms with Gasteiger partial charge in [0.15, 0.2) is 0 Å². The third-order valence-corrected chi connectivity index (χ3v) is 1.55. The van der Waals surface area contributed by atoms with Crippen molar-refractivity contribution in [3.63, 3.8) is 0 Å². The maximum Gasteiger partial charge on any atom is 0.0381 e. The van der Waals surface area contributed by atoms with Gasteiger partial charge in [-0.05, 0) is 31.5 Å². The molecule has 0 bridgehead atoms. The van der Waals surface area contributed by atoms with E-state index in [4.69, 9.17) is 5.73 Å². The largest absolute Gasteiger partial charge is 0.327 e. The Labute approximate surface area is 73.1 Å². The Balaban J connectivity index is 2.93. The summed E-state index contributed by atoms with van der Waals surface area (Å²) in [5.41, 5.74) is 8.62. The predicted octanol–water partition coefficient (Wildman–Crippen LogP) is 1.67. The molecular weight excluding hydrogens is 148 g/mol. The quantitative estimate of drug-likeness (QED) is 0.718. The summed E-state index contributed by atoms with van der Waals surface area (Å²) < 4.78 is 0. The summed E-state index contributed by atoms with van der Waals surface area (Å²) in [5, 5.41) is 0. The molecule has 0 aliphatic rings. The van der Waals surface area contributed by atoms with Crippen LogP contribution < -0.4 is 5.73 Å². The molecule has 0 radical (unpaired) electrons. The molecule has 0 saturated carbocycles. The third-order valence-electron chi connectivity index (χ3n) is 1.55. The third kappa shape index (κ3) is 2.47. The lowest BCUT2D eigenvalue weighted by Gasteiger charge is -1.98. The Morgan fingerprint density at radius 1 is 1.33 bits per heavy atom. The average Bonchev–Trinajstić information content (AvgIpc) is 1.99. The topological polar surface area (TPSA) is 38.9 Å². The number of hydrogen-bond acceptors (Lipinski definition) is 2. The molecule has 0 atom stereocenters.